The molecule has 1 atom stereocenters. The van der Waals surface area contributed by atoms with Crippen molar-refractivity contribution < 1.29 is 4.79 Å². The first-order valence-electron chi connectivity index (χ1n) is 4.77. The fourth-order valence-electron chi connectivity index (χ4n) is 2.11. The molecule has 0 aromatic carbocycles. The Bertz CT molecular complexity index is 175. The first-order valence-corrected chi connectivity index (χ1v) is 4.77. The minimum atomic E-state index is 0.109. The molecule has 0 aliphatic heterocycles. The van der Waals surface area contributed by atoms with Crippen LogP contribution >= 0.6 is 0 Å². The maximum absolute atomic E-state index is 10.8. The van der Waals surface area contributed by atoms with E-state index in [0.717, 1.165) is 12.8 Å². The first kappa shape index (κ1) is 9.56. The van der Waals surface area contributed by atoms with Gasteiger partial charge in [-0.2, -0.15) is 0 Å². The number of rotatable bonds is 1. The Morgan fingerprint density at radius 3 is 2.67 bits per heavy atom. The Hall–Kier alpha value is -0.530. The van der Waals surface area contributed by atoms with Crippen LogP contribution in [0.1, 0.15) is 46.5 Å². The molecule has 12 heavy (non-hydrogen) atoms. The molecule has 0 bridgehead atoms. The van der Waals surface area contributed by atoms with Crippen LogP contribution in [-0.4, -0.2) is 11.9 Å². The Morgan fingerprint density at radius 2 is 2.17 bits per heavy atom. The number of hydrogen-bond donors (Lipinski definition) is 1. The lowest BCUT2D eigenvalue weighted by Crippen LogP contribution is -2.39. The van der Waals surface area contributed by atoms with Gasteiger partial charge in [-0.25, -0.2) is 0 Å². The summed E-state index contributed by atoms with van der Waals surface area (Å²) < 4.78 is 0. The van der Waals surface area contributed by atoms with Crippen LogP contribution in [0.2, 0.25) is 0 Å². The summed E-state index contributed by atoms with van der Waals surface area (Å²) in [5.74, 6) is 0.109. The molecule has 0 heterocycles. The van der Waals surface area contributed by atoms with E-state index in [1.54, 1.807) is 6.92 Å². The van der Waals surface area contributed by atoms with Crippen molar-refractivity contribution in [3.05, 3.63) is 0 Å². The van der Waals surface area contributed by atoms with Gasteiger partial charge in [0.05, 0.1) is 0 Å². The van der Waals surface area contributed by atoms with Gasteiger partial charge in [0, 0.05) is 13.0 Å². The summed E-state index contributed by atoms with van der Waals surface area (Å²) in [5.41, 5.74) is 0.422. The lowest BCUT2D eigenvalue weighted by atomic mass is 9.75. The van der Waals surface area contributed by atoms with E-state index in [1.807, 2.05) is 0 Å². The van der Waals surface area contributed by atoms with Crippen molar-refractivity contribution >= 4 is 5.91 Å². The molecule has 70 valence electrons. The Kier molecular flexibility index (Phi) is 2.76. The number of hydrogen-bond acceptors (Lipinski definition) is 1. The highest BCUT2D eigenvalue weighted by Crippen LogP contribution is 2.34. The van der Waals surface area contributed by atoms with Crippen LogP contribution in [0.4, 0.5) is 0 Å². The van der Waals surface area contributed by atoms with Crippen molar-refractivity contribution in [1.29, 1.82) is 0 Å². The third kappa shape index (κ3) is 2.84. The van der Waals surface area contributed by atoms with Crippen molar-refractivity contribution in [2.75, 3.05) is 0 Å². The van der Waals surface area contributed by atoms with Gasteiger partial charge in [0.25, 0.3) is 0 Å². The second-order valence-electron chi connectivity index (χ2n) is 4.66. The predicted molar refractivity (Wildman–Crippen MR) is 49.9 cm³/mol. The van der Waals surface area contributed by atoms with E-state index < -0.39 is 0 Å². The Labute approximate surface area is 74.7 Å². The molecule has 1 unspecified atom stereocenters. The van der Waals surface area contributed by atoms with Crippen molar-refractivity contribution in [2.24, 2.45) is 5.41 Å². The fraction of sp³-hybridized carbons (Fsp3) is 0.900. The second kappa shape index (κ2) is 3.46. The minimum absolute atomic E-state index is 0.109. The Morgan fingerprint density at radius 1 is 1.50 bits per heavy atom. The average Bonchev–Trinajstić information content (AvgIpc) is 1.82. The number of nitrogens with one attached hydrogen (secondary N) is 1. The van der Waals surface area contributed by atoms with Crippen LogP contribution in [0.15, 0.2) is 0 Å². The summed E-state index contributed by atoms with van der Waals surface area (Å²) in [6.45, 7) is 6.16. The molecule has 0 spiro atoms. The van der Waals surface area contributed by atoms with Crippen molar-refractivity contribution in [2.45, 2.75) is 52.5 Å². The molecule has 0 radical (unpaired) electrons. The highest BCUT2D eigenvalue weighted by Gasteiger charge is 2.27. The highest BCUT2D eigenvalue weighted by molar-refractivity contribution is 5.73. The topological polar surface area (TPSA) is 29.1 Å². The summed E-state index contributed by atoms with van der Waals surface area (Å²) in [6, 6.07) is 0.422. The van der Waals surface area contributed by atoms with E-state index in [9.17, 15) is 4.79 Å². The van der Waals surface area contributed by atoms with Crippen molar-refractivity contribution in [3.63, 3.8) is 0 Å². The SMILES string of the molecule is CC(=O)NC1CCCC(C)(C)C1. The largest absolute Gasteiger partial charge is 0.354 e. The summed E-state index contributed by atoms with van der Waals surface area (Å²) in [7, 11) is 0. The molecule has 1 amide bonds. The van der Waals surface area contributed by atoms with Gasteiger partial charge >= 0.3 is 0 Å². The molecular weight excluding hydrogens is 150 g/mol. The third-order valence-corrected chi connectivity index (χ3v) is 2.61. The zero-order valence-electron chi connectivity index (χ0n) is 8.31. The van der Waals surface area contributed by atoms with Crippen LogP contribution < -0.4 is 5.32 Å². The quantitative estimate of drug-likeness (QED) is 0.640. The van der Waals surface area contributed by atoms with Gasteiger partial charge in [-0.15, -0.1) is 0 Å². The molecule has 1 saturated carbocycles. The van der Waals surface area contributed by atoms with Crippen LogP contribution in [0.25, 0.3) is 0 Å². The average molecular weight is 169 g/mol. The standard InChI is InChI=1S/C10H19NO/c1-8(12)11-9-5-4-6-10(2,3)7-9/h9H,4-7H2,1-3H3,(H,11,12). The maximum Gasteiger partial charge on any atom is 0.217 e. The number of amides is 1. The van der Waals surface area contributed by atoms with Crippen LogP contribution in [0, 0.1) is 5.41 Å². The van der Waals surface area contributed by atoms with E-state index in [0.29, 0.717) is 11.5 Å². The minimum Gasteiger partial charge on any atom is -0.354 e. The van der Waals surface area contributed by atoms with Gasteiger partial charge in [-0.05, 0) is 24.7 Å². The maximum atomic E-state index is 10.8. The summed E-state index contributed by atoms with van der Waals surface area (Å²) in [4.78, 5) is 10.8. The molecule has 1 fully saturated rings. The normalized spacial score (nSPS) is 28.1. The van der Waals surface area contributed by atoms with Gasteiger partial charge in [0.2, 0.25) is 5.91 Å². The van der Waals surface area contributed by atoms with Gasteiger partial charge in [-0.3, -0.25) is 4.79 Å². The lowest BCUT2D eigenvalue weighted by molar-refractivity contribution is -0.120. The molecular formula is C10H19NO. The molecule has 2 nitrogen and oxygen atoms in total. The van der Waals surface area contributed by atoms with Crippen LogP contribution in [0.5, 0.6) is 0 Å². The van der Waals surface area contributed by atoms with Crippen molar-refractivity contribution in [3.8, 4) is 0 Å². The Balaban J connectivity index is 2.41. The summed E-state index contributed by atoms with van der Waals surface area (Å²) >= 11 is 0. The van der Waals surface area contributed by atoms with E-state index in [-0.39, 0.29) is 5.91 Å². The van der Waals surface area contributed by atoms with Gasteiger partial charge < -0.3 is 5.32 Å². The summed E-state index contributed by atoms with van der Waals surface area (Å²) in [6.07, 6.45) is 4.83. The molecule has 0 aromatic heterocycles. The van der Waals surface area contributed by atoms with E-state index in [4.69, 9.17) is 0 Å². The van der Waals surface area contributed by atoms with Gasteiger partial charge in [-0.1, -0.05) is 20.3 Å². The molecule has 0 aromatic rings. The fourth-order valence-corrected chi connectivity index (χ4v) is 2.11. The molecule has 1 aliphatic carbocycles. The van der Waals surface area contributed by atoms with Gasteiger partial charge in [0.15, 0.2) is 0 Å². The lowest BCUT2D eigenvalue weighted by Gasteiger charge is -2.35. The zero-order valence-corrected chi connectivity index (χ0v) is 8.31. The van der Waals surface area contributed by atoms with E-state index >= 15 is 0 Å². The first-order chi connectivity index (χ1) is 5.49. The van der Waals surface area contributed by atoms with Crippen LogP contribution in [-0.2, 0) is 4.79 Å². The molecule has 1 aliphatic rings. The van der Waals surface area contributed by atoms with Crippen molar-refractivity contribution in [1.82, 2.24) is 5.32 Å². The number of carbonyl (C=O) groups excluding carboxylic acids is 1. The smallest absolute Gasteiger partial charge is 0.217 e. The zero-order chi connectivity index (χ0) is 9.19. The van der Waals surface area contributed by atoms with E-state index in [1.165, 1.54) is 12.8 Å². The highest BCUT2D eigenvalue weighted by atomic mass is 16.1. The van der Waals surface area contributed by atoms with Crippen LogP contribution in [0.3, 0.4) is 0 Å². The predicted octanol–water partition coefficient (Wildman–Crippen LogP) is 2.09. The second-order valence-corrected chi connectivity index (χ2v) is 4.66. The van der Waals surface area contributed by atoms with Gasteiger partial charge in [0.1, 0.15) is 0 Å². The molecule has 0 saturated heterocycles. The van der Waals surface area contributed by atoms with E-state index in [2.05, 4.69) is 19.2 Å². The summed E-state index contributed by atoms with van der Waals surface area (Å²) in [5, 5.41) is 3.00. The third-order valence-electron chi connectivity index (χ3n) is 2.61. The monoisotopic (exact) mass is 169 g/mol. The molecule has 1 rings (SSSR count). The molecule has 1 N–H and O–H groups in total. The molecule has 2 heteroatoms. The number of carbonyl (C=O) groups is 1.